The van der Waals surface area contributed by atoms with E-state index in [1.165, 1.54) is 16.9 Å². The highest BCUT2D eigenvalue weighted by Gasteiger charge is 2.39. The van der Waals surface area contributed by atoms with Crippen molar-refractivity contribution in [3.63, 3.8) is 0 Å². The molecule has 2 fully saturated rings. The standard InChI is InChI=1S/C55H66Cl2N8O8/c1-35-53(68)60-46(33-71-7)55(70)62(4)43(26-37-13-18-41(56)19-14-37)29-51(66)59-45-34-72-24-23-47(45)64(6)54(69)40(25-36-11-9-8-10-12-36)27-52(67)65(35)31-39-15-20-42(57)28-49(39)73-44-21-16-38(17-22-44)48-30-58-50(63(48)5)32-61(2)3/h8-22,28,30,35,40,43,45-47H,23-27,29,31-34H2,1-7H3,(H,59,66)(H,60,68)/t35-,40+,43-,45?,46-,47?/m0/s1. The summed E-state index contributed by atoms with van der Waals surface area (Å²) in [6.07, 6.45) is 2.38. The maximum Gasteiger partial charge on any atom is 0.247 e. The van der Waals surface area contributed by atoms with Crippen molar-refractivity contribution >= 4 is 52.7 Å². The van der Waals surface area contributed by atoms with Gasteiger partial charge in [-0.3, -0.25) is 24.0 Å². The number of benzene rings is 4. The summed E-state index contributed by atoms with van der Waals surface area (Å²) in [6.45, 7) is 2.43. The van der Waals surface area contributed by atoms with Gasteiger partial charge in [0.1, 0.15) is 29.4 Å². The van der Waals surface area contributed by atoms with Crippen LogP contribution >= 0.6 is 23.2 Å². The van der Waals surface area contributed by atoms with Gasteiger partial charge in [0.05, 0.1) is 56.2 Å². The van der Waals surface area contributed by atoms with Crippen LogP contribution in [-0.4, -0.2) is 144 Å². The molecule has 4 aromatic carbocycles. The molecule has 2 aliphatic rings. The molecule has 388 valence electrons. The number of fused-ring (bicyclic) bond motifs is 1. The quantitative estimate of drug-likeness (QED) is 0.132. The normalized spacial score (nSPS) is 21.9. The van der Waals surface area contributed by atoms with E-state index in [1.807, 2.05) is 98.6 Å². The molecule has 2 saturated heterocycles. The number of likely N-dealkylation sites (N-methyl/N-ethyl adjacent to an activating group) is 2. The summed E-state index contributed by atoms with van der Waals surface area (Å²) in [5.74, 6) is -1.41. The summed E-state index contributed by atoms with van der Waals surface area (Å²) in [4.78, 5) is 84.8. The zero-order valence-electron chi connectivity index (χ0n) is 42.6. The SMILES string of the molecule is COC[C@@H]1NC(=O)[C@H](C)N(Cc2ccc(Cl)cc2Oc2ccc(-c3cnc(CN(C)C)n3C)cc2)C(=O)C[C@@H](Cc2ccccc2)C(=O)N(C)C2CCOCC2NC(=O)C[C@H](Cc2ccc(Cl)cc2)N(C)C1=O. The maximum absolute atomic E-state index is 15.2. The third-order valence-electron chi connectivity index (χ3n) is 13.7. The molecule has 16 nitrogen and oxygen atoms in total. The fourth-order valence-corrected chi connectivity index (χ4v) is 9.81. The molecule has 7 rings (SSSR count). The largest absolute Gasteiger partial charge is 0.457 e. The number of imidazole rings is 1. The summed E-state index contributed by atoms with van der Waals surface area (Å²) >= 11 is 12.8. The molecule has 5 amide bonds. The van der Waals surface area contributed by atoms with Gasteiger partial charge >= 0.3 is 0 Å². The number of halogens is 2. The van der Waals surface area contributed by atoms with Crippen LogP contribution in [0, 0.1) is 5.92 Å². The van der Waals surface area contributed by atoms with E-state index in [-0.39, 0.29) is 57.3 Å². The second-order valence-corrected chi connectivity index (χ2v) is 20.1. The molecular weight excluding hydrogens is 972 g/mol. The average Bonchev–Trinajstić information content (AvgIpc) is 3.73. The molecule has 0 radical (unpaired) electrons. The first kappa shape index (κ1) is 54.5. The Bertz CT molecular complexity index is 2700. The Morgan fingerprint density at radius 2 is 1.51 bits per heavy atom. The number of carbonyl (C=O) groups excluding carboxylic acids is 5. The second-order valence-electron chi connectivity index (χ2n) is 19.2. The molecule has 18 heteroatoms. The van der Waals surface area contributed by atoms with E-state index in [4.69, 9.17) is 37.4 Å². The first-order valence-corrected chi connectivity index (χ1v) is 25.2. The summed E-state index contributed by atoms with van der Waals surface area (Å²) in [7, 11) is 10.7. The summed E-state index contributed by atoms with van der Waals surface area (Å²) in [5, 5.41) is 6.92. The zero-order chi connectivity index (χ0) is 52.3. The number of nitrogens with one attached hydrogen (secondary N) is 2. The molecule has 2 unspecified atom stereocenters. The van der Waals surface area contributed by atoms with E-state index in [1.54, 1.807) is 56.3 Å². The average molecular weight is 1040 g/mol. The van der Waals surface area contributed by atoms with E-state index in [2.05, 4.69) is 20.5 Å². The number of nitrogens with zero attached hydrogens (tertiary/aromatic N) is 6. The van der Waals surface area contributed by atoms with E-state index in [9.17, 15) is 19.2 Å². The number of aromatic nitrogens is 2. The van der Waals surface area contributed by atoms with Crippen LogP contribution in [0.15, 0.2) is 103 Å². The Hall–Kier alpha value is -6.30. The van der Waals surface area contributed by atoms with Crippen molar-refractivity contribution < 1.29 is 38.2 Å². The van der Waals surface area contributed by atoms with Crippen LogP contribution in [0.1, 0.15) is 48.7 Å². The lowest BCUT2D eigenvalue weighted by Crippen LogP contribution is -2.60. The minimum absolute atomic E-state index is 0.105. The van der Waals surface area contributed by atoms with Gasteiger partial charge in [-0.25, -0.2) is 4.98 Å². The third kappa shape index (κ3) is 14.1. The van der Waals surface area contributed by atoms with E-state index in [0.29, 0.717) is 46.7 Å². The number of amides is 5. The molecule has 3 heterocycles. The molecule has 6 atom stereocenters. The lowest BCUT2D eigenvalue weighted by molar-refractivity contribution is -0.148. The number of carbonyl (C=O) groups is 5. The van der Waals surface area contributed by atoms with Gasteiger partial charge in [-0.15, -0.1) is 0 Å². The fraction of sp³-hybridized carbons (Fsp3) is 0.418. The van der Waals surface area contributed by atoms with Gasteiger partial charge in [0.2, 0.25) is 29.5 Å². The number of rotatable bonds is 13. The van der Waals surface area contributed by atoms with Crippen molar-refractivity contribution in [2.24, 2.45) is 13.0 Å². The number of hydrogen-bond acceptors (Lipinski definition) is 10. The molecule has 2 aliphatic heterocycles. The van der Waals surface area contributed by atoms with Crippen LogP contribution in [-0.2, 0) is 66.4 Å². The van der Waals surface area contributed by atoms with Crippen LogP contribution in [0.2, 0.25) is 10.0 Å². The first-order chi connectivity index (χ1) is 35.0. The van der Waals surface area contributed by atoms with Crippen molar-refractivity contribution in [2.75, 3.05) is 55.1 Å². The highest BCUT2D eigenvalue weighted by atomic mass is 35.5. The number of ether oxygens (including phenoxy) is 3. The Kier molecular flexibility index (Phi) is 18.7. The van der Waals surface area contributed by atoms with Crippen LogP contribution in [0.25, 0.3) is 11.3 Å². The minimum atomic E-state index is -1.21. The van der Waals surface area contributed by atoms with Gasteiger partial charge in [-0.05, 0) is 99.9 Å². The number of methoxy groups -OCH3 is 1. The van der Waals surface area contributed by atoms with Crippen molar-refractivity contribution in [1.82, 2.24) is 39.8 Å². The first-order valence-electron chi connectivity index (χ1n) is 24.5. The monoisotopic (exact) mass is 1040 g/mol. The van der Waals surface area contributed by atoms with Gasteiger partial charge in [-0.1, -0.05) is 71.7 Å². The van der Waals surface area contributed by atoms with E-state index >= 15 is 4.79 Å². The van der Waals surface area contributed by atoms with Crippen LogP contribution in [0.4, 0.5) is 0 Å². The topological polar surface area (TPSA) is 168 Å². The Morgan fingerprint density at radius 1 is 0.808 bits per heavy atom. The Morgan fingerprint density at radius 3 is 2.21 bits per heavy atom. The number of hydrogen-bond donors (Lipinski definition) is 2. The molecule has 73 heavy (non-hydrogen) atoms. The Labute approximate surface area is 437 Å². The second kappa shape index (κ2) is 25.1. The van der Waals surface area contributed by atoms with Crippen molar-refractivity contribution in [3.05, 3.63) is 136 Å². The summed E-state index contributed by atoms with van der Waals surface area (Å²) < 4.78 is 20.0. The minimum Gasteiger partial charge on any atom is -0.457 e. The van der Waals surface area contributed by atoms with Crippen molar-refractivity contribution in [3.8, 4) is 22.8 Å². The maximum atomic E-state index is 15.2. The molecule has 0 spiro atoms. The molecule has 0 aliphatic carbocycles. The van der Waals surface area contributed by atoms with E-state index in [0.717, 1.165) is 28.2 Å². The predicted octanol–water partition coefficient (Wildman–Crippen LogP) is 6.55. The van der Waals surface area contributed by atoms with Crippen LogP contribution in [0.5, 0.6) is 11.5 Å². The highest BCUT2D eigenvalue weighted by Crippen LogP contribution is 2.33. The van der Waals surface area contributed by atoms with Crippen molar-refractivity contribution in [2.45, 2.75) is 82.3 Å². The van der Waals surface area contributed by atoms with Gasteiger partial charge in [0, 0.05) is 74.9 Å². The molecular formula is C55H66Cl2N8O8. The molecule has 0 bridgehead atoms. The molecule has 2 N–H and O–H groups in total. The third-order valence-corrected chi connectivity index (χ3v) is 14.2. The Balaban J connectivity index is 1.25. The van der Waals surface area contributed by atoms with Crippen molar-refractivity contribution in [1.29, 1.82) is 0 Å². The lowest BCUT2D eigenvalue weighted by atomic mass is 9.91. The molecule has 0 saturated carbocycles. The fourth-order valence-electron chi connectivity index (χ4n) is 9.52. The molecule has 1 aromatic heterocycles. The predicted molar refractivity (Wildman–Crippen MR) is 280 cm³/mol. The van der Waals surface area contributed by atoms with Gasteiger partial charge < -0.3 is 49.0 Å². The van der Waals surface area contributed by atoms with Crippen LogP contribution in [0.3, 0.4) is 0 Å². The zero-order valence-corrected chi connectivity index (χ0v) is 44.1. The van der Waals surface area contributed by atoms with Gasteiger partial charge in [0.15, 0.2) is 0 Å². The highest BCUT2D eigenvalue weighted by molar-refractivity contribution is 6.31. The smallest absolute Gasteiger partial charge is 0.247 e. The molecule has 5 aromatic rings. The van der Waals surface area contributed by atoms with Gasteiger partial charge in [0.25, 0.3) is 0 Å². The van der Waals surface area contributed by atoms with Crippen LogP contribution < -0.4 is 15.4 Å². The van der Waals surface area contributed by atoms with Gasteiger partial charge in [-0.2, -0.15) is 0 Å². The summed E-state index contributed by atoms with van der Waals surface area (Å²) in [6, 6.07) is 25.1. The summed E-state index contributed by atoms with van der Waals surface area (Å²) in [5.41, 5.74) is 4.07. The van der Waals surface area contributed by atoms with E-state index < -0.39 is 53.8 Å². The lowest BCUT2D eigenvalue weighted by Gasteiger charge is -2.40.